The molecule has 0 amide bonds. The van der Waals surface area contributed by atoms with Crippen LogP contribution < -0.4 is 4.90 Å². The zero-order valence-corrected chi connectivity index (χ0v) is 26.9. The van der Waals surface area contributed by atoms with E-state index in [0.29, 0.717) is 0 Å². The zero-order valence-electron chi connectivity index (χ0n) is 26.9. The number of hydrogen-bond acceptors (Lipinski definition) is 1. The van der Waals surface area contributed by atoms with E-state index < -0.39 is 0 Å². The van der Waals surface area contributed by atoms with Gasteiger partial charge in [0, 0.05) is 17.1 Å². The fourth-order valence-electron chi connectivity index (χ4n) is 8.15. The number of rotatable bonds is 5. The highest BCUT2D eigenvalue weighted by atomic mass is 15.1. The molecule has 1 nitrogen and oxygen atoms in total. The van der Waals surface area contributed by atoms with Crippen molar-refractivity contribution >= 4 is 33.8 Å². The van der Waals surface area contributed by atoms with Gasteiger partial charge in [0.25, 0.3) is 0 Å². The van der Waals surface area contributed by atoms with Crippen molar-refractivity contribution in [1.82, 2.24) is 0 Å². The van der Waals surface area contributed by atoms with Gasteiger partial charge in [0.1, 0.15) is 0 Å². The van der Waals surface area contributed by atoms with Crippen LogP contribution in [0.25, 0.3) is 61.2 Å². The van der Waals surface area contributed by atoms with Gasteiger partial charge in [0.2, 0.25) is 0 Å². The fraction of sp³-hybridized carbons (Fsp3) is 0.0417. The quantitative estimate of drug-likeness (QED) is 0.185. The zero-order chi connectivity index (χ0) is 32.3. The van der Waals surface area contributed by atoms with Crippen LogP contribution in [0, 0.1) is 12.1 Å². The largest absolute Gasteiger partial charge is 0.311 e. The molecule has 10 rings (SSSR count). The van der Waals surface area contributed by atoms with Gasteiger partial charge in [-0.05, 0) is 151 Å². The van der Waals surface area contributed by atoms with Crippen LogP contribution in [0.1, 0.15) is 29.5 Å². The predicted molar refractivity (Wildman–Crippen MR) is 205 cm³/mol. The first kappa shape index (κ1) is 27.7. The van der Waals surface area contributed by atoms with E-state index in [0.717, 1.165) is 41.0 Å². The van der Waals surface area contributed by atoms with Gasteiger partial charge in [0.15, 0.2) is 0 Å². The van der Waals surface area contributed by atoms with Crippen molar-refractivity contribution in [3.63, 3.8) is 0 Å². The maximum absolute atomic E-state index is 3.07. The summed E-state index contributed by atoms with van der Waals surface area (Å²) < 4.78 is 0. The second-order valence-corrected chi connectivity index (χ2v) is 13.0. The minimum atomic E-state index is 1.07. The molecule has 0 heterocycles. The molecule has 0 saturated carbocycles. The first-order valence-electron chi connectivity index (χ1n) is 17.1. The smallest absolute Gasteiger partial charge is 0.0462 e. The van der Waals surface area contributed by atoms with Crippen molar-refractivity contribution in [2.45, 2.75) is 12.8 Å². The van der Waals surface area contributed by atoms with Gasteiger partial charge in [-0.3, -0.25) is 0 Å². The van der Waals surface area contributed by atoms with Crippen LogP contribution in [0.3, 0.4) is 0 Å². The van der Waals surface area contributed by atoms with E-state index in [4.69, 9.17) is 0 Å². The van der Waals surface area contributed by atoms with E-state index in [1.165, 1.54) is 66.8 Å². The minimum absolute atomic E-state index is 1.07. The van der Waals surface area contributed by atoms with Crippen molar-refractivity contribution in [2.75, 3.05) is 4.90 Å². The first-order valence-corrected chi connectivity index (χ1v) is 17.1. The molecule has 0 unspecified atom stereocenters. The average Bonchev–Trinajstić information content (AvgIpc) is 3.29. The molecular formula is C48H31N. The second kappa shape index (κ2) is 11.1. The van der Waals surface area contributed by atoms with Crippen LogP contribution in [0.5, 0.6) is 0 Å². The highest BCUT2D eigenvalue weighted by Gasteiger charge is 2.33. The van der Waals surface area contributed by atoms with E-state index in [1.807, 2.05) is 12.1 Å². The topological polar surface area (TPSA) is 3.24 Å². The van der Waals surface area contributed by atoms with Gasteiger partial charge >= 0.3 is 0 Å². The Morgan fingerprint density at radius 2 is 1.10 bits per heavy atom. The van der Waals surface area contributed by atoms with Crippen LogP contribution in [0.4, 0.5) is 17.1 Å². The maximum atomic E-state index is 3.07. The van der Waals surface area contributed by atoms with Gasteiger partial charge in [-0.1, -0.05) is 115 Å². The average molecular weight is 622 g/mol. The Labute approximate surface area is 287 Å². The molecular weight excluding hydrogens is 591 g/mol. The van der Waals surface area contributed by atoms with E-state index in [1.54, 1.807) is 0 Å². The highest BCUT2D eigenvalue weighted by Crippen LogP contribution is 2.57. The lowest BCUT2D eigenvalue weighted by Crippen LogP contribution is -2.09. The van der Waals surface area contributed by atoms with E-state index in [2.05, 4.69) is 169 Å². The van der Waals surface area contributed by atoms with Crippen LogP contribution >= 0.6 is 0 Å². The maximum Gasteiger partial charge on any atom is 0.0462 e. The summed E-state index contributed by atoms with van der Waals surface area (Å²) in [5, 5.41) is 0. The van der Waals surface area contributed by atoms with Crippen molar-refractivity contribution in [1.29, 1.82) is 0 Å². The summed E-state index contributed by atoms with van der Waals surface area (Å²) in [6, 6.07) is 63.5. The fourth-order valence-corrected chi connectivity index (χ4v) is 8.15. The SMILES string of the molecule is c1ccc(-c2ccc(N(c3ccccc3)c3ccc(-c4ccc5c(c4)C4=C6CCC=C4c4cccc-5c4-c4ccccc46)cc3)cc2)cc#1. The molecule has 0 N–H and O–H groups in total. The molecule has 3 aliphatic carbocycles. The molecule has 228 valence electrons. The Kier molecular flexibility index (Phi) is 6.29. The molecule has 0 saturated heterocycles. The Morgan fingerprint density at radius 1 is 0.449 bits per heavy atom. The first-order chi connectivity index (χ1) is 24.3. The molecule has 0 fully saturated rings. The molecule has 6 bridgehead atoms. The summed E-state index contributed by atoms with van der Waals surface area (Å²) in [6.07, 6.45) is 4.62. The summed E-state index contributed by atoms with van der Waals surface area (Å²) in [7, 11) is 0. The third kappa shape index (κ3) is 4.42. The summed E-state index contributed by atoms with van der Waals surface area (Å²) in [6.45, 7) is 0. The Balaban J connectivity index is 1.07. The number of nitrogens with zero attached hydrogens (tertiary/aromatic N) is 1. The molecule has 0 aliphatic heterocycles. The van der Waals surface area contributed by atoms with Gasteiger partial charge in [-0.2, -0.15) is 0 Å². The highest BCUT2D eigenvalue weighted by molar-refractivity contribution is 6.25. The molecule has 0 radical (unpaired) electrons. The Hall–Kier alpha value is -6.36. The monoisotopic (exact) mass is 621 g/mol. The van der Waals surface area contributed by atoms with Crippen LogP contribution in [-0.4, -0.2) is 0 Å². The van der Waals surface area contributed by atoms with Gasteiger partial charge in [0.05, 0.1) is 0 Å². The van der Waals surface area contributed by atoms with E-state index in [-0.39, 0.29) is 0 Å². The van der Waals surface area contributed by atoms with Gasteiger partial charge in [-0.15, -0.1) is 0 Å². The number of benzene rings is 6. The van der Waals surface area contributed by atoms with Crippen LogP contribution in [0.2, 0.25) is 0 Å². The van der Waals surface area contributed by atoms with Crippen molar-refractivity contribution in [2.24, 2.45) is 0 Å². The lowest BCUT2D eigenvalue weighted by atomic mass is 9.79. The van der Waals surface area contributed by atoms with Crippen LogP contribution in [-0.2, 0) is 0 Å². The van der Waals surface area contributed by atoms with Crippen molar-refractivity contribution < 1.29 is 0 Å². The van der Waals surface area contributed by atoms with Gasteiger partial charge in [-0.25, -0.2) is 0 Å². The second-order valence-electron chi connectivity index (χ2n) is 13.0. The molecule has 7 aromatic rings. The predicted octanol–water partition coefficient (Wildman–Crippen LogP) is 12.8. The third-order valence-corrected chi connectivity index (χ3v) is 10.4. The molecule has 7 aromatic carbocycles. The standard InChI is InChI=1S/C48H31N/c1-3-11-32(12-4-1)33-21-26-37(27-22-33)49(36-13-5-2-6-14-36)38-28-23-34(24-29-38)35-25-30-40-43-18-10-19-44-45-20-9-17-42(48(45)46(40)31-35)39-15-7-8-16-41(39)47(43)44/h2-3,5-8,10-16,18-31H,9,17H2. The summed E-state index contributed by atoms with van der Waals surface area (Å²) in [5.41, 5.74) is 21.9. The van der Waals surface area contributed by atoms with E-state index in [9.17, 15) is 0 Å². The number of hydrogen-bond donors (Lipinski definition) is 0. The van der Waals surface area contributed by atoms with E-state index >= 15 is 0 Å². The summed E-state index contributed by atoms with van der Waals surface area (Å²) >= 11 is 0. The Morgan fingerprint density at radius 3 is 1.86 bits per heavy atom. The molecule has 3 aliphatic rings. The number of fused-ring (bicyclic) bond motifs is 4. The number of para-hydroxylation sites is 1. The summed E-state index contributed by atoms with van der Waals surface area (Å²) in [5.74, 6) is 0. The molecule has 1 heteroatoms. The molecule has 0 atom stereocenters. The lowest BCUT2D eigenvalue weighted by Gasteiger charge is -2.26. The number of anilines is 3. The normalized spacial score (nSPS) is 13.4. The Bertz CT molecular complexity index is 2450. The van der Waals surface area contributed by atoms with Crippen molar-refractivity contribution in [3.05, 3.63) is 193 Å². The lowest BCUT2D eigenvalue weighted by molar-refractivity contribution is 1.06. The molecule has 0 aromatic heterocycles. The minimum Gasteiger partial charge on any atom is -0.311 e. The van der Waals surface area contributed by atoms with Gasteiger partial charge < -0.3 is 4.90 Å². The molecule has 0 spiro atoms. The van der Waals surface area contributed by atoms with Crippen molar-refractivity contribution in [3.8, 4) is 44.5 Å². The van der Waals surface area contributed by atoms with Crippen LogP contribution in [0.15, 0.2) is 164 Å². The molecule has 49 heavy (non-hydrogen) atoms. The third-order valence-electron chi connectivity index (χ3n) is 10.4. The summed E-state index contributed by atoms with van der Waals surface area (Å²) in [4.78, 5) is 2.32. The number of allylic oxidation sites excluding steroid dienone is 4.